The minimum atomic E-state index is -2.05. The zero-order valence-corrected chi connectivity index (χ0v) is 16.5. The van der Waals surface area contributed by atoms with Crippen LogP contribution in [0.15, 0.2) is 0 Å². The molecule has 2 atom stereocenters. The second kappa shape index (κ2) is 6.21. The Balaban J connectivity index is 5.06. The van der Waals surface area contributed by atoms with Crippen molar-refractivity contribution in [1.82, 2.24) is 0 Å². The van der Waals surface area contributed by atoms with Crippen molar-refractivity contribution in [2.45, 2.75) is 77.4 Å². The fourth-order valence-electron chi connectivity index (χ4n) is 1.95. The van der Waals surface area contributed by atoms with Gasteiger partial charge in [-0.05, 0) is 59.6 Å². The van der Waals surface area contributed by atoms with E-state index in [9.17, 15) is 4.46 Å². The largest absolute Gasteiger partial charge is 0.412 e. The summed E-state index contributed by atoms with van der Waals surface area (Å²) in [5.74, 6) is 0. The molecule has 0 N–H and O–H groups in total. The summed E-state index contributed by atoms with van der Waals surface area (Å²) in [4.78, 5) is 0. The van der Waals surface area contributed by atoms with Crippen LogP contribution in [-0.4, -0.2) is 36.3 Å². The fourth-order valence-corrected chi connectivity index (χ4v) is 8.88. The molecular formula is C12H30O3Si3. The van der Waals surface area contributed by atoms with Gasteiger partial charge in [0.2, 0.25) is 8.32 Å². The quantitative estimate of drug-likeness (QED) is 0.672. The van der Waals surface area contributed by atoms with Crippen molar-refractivity contribution in [1.29, 1.82) is 0 Å². The topological polar surface area (TPSA) is 35.5 Å². The first-order valence-corrected chi connectivity index (χ1v) is 15.0. The third-order valence-electron chi connectivity index (χ3n) is 3.52. The van der Waals surface area contributed by atoms with Gasteiger partial charge in [0.1, 0.15) is 0 Å². The van der Waals surface area contributed by atoms with Crippen molar-refractivity contribution in [2.24, 2.45) is 0 Å². The lowest BCUT2D eigenvalue weighted by atomic mass is 10.3. The van der Waals surface area contributed by atoms with Gasteiger partial charge in [0, 0.05) is 0 Å². The highest BCUT2D eigenvalue weighted by atomic mass is 28.4. The van der Waals surface area contributed by atoms with Gasteiger partial charge in [0.25, 0.3) is 0 Å². The summed E-state index contributed by atoms with van der Waals surface area (Å²) in [6.45, 7) is 19.0. The molecule has 0 amide bonds. The maximum atomic E-state index is 11.6. The monoisotopic (exact) mass is 306 g/mol. The molecule has 0 saturated carbocycles. The van der Waals surface area contributed by atoms with Gasteiger partial charge in [-0.3, -0.25) is 0 Å². The Morgan fingerprint density at radius 2 is 1.67 bits per heavy atom. The van der Waals surface area contributed by atoms with Gasteiger partial charge in [0.05, 0.1) is 11.0 Å². The molecule has 0 radical (unpaired) electrons. The van der Waals surface area contributed by atoms with Crippen molar-refractivity contribution < 1.29 is 13.3 Å². The van der Waals surface area contributed by atoms with E-state index in [1.54, 1.807) is 6.55 Å². The average Bonchev–Trinajstić information content (AvgIpc) is 2.13. The Labute approximate surface area is 116 Å². The molecule has 0 spiro atoms. The number of rotatable bonds is 7. The summed E-state index contributed by atoms with van der Waals surface area (Å²) in [5.41, 5.74) is -0.146. The molecule has 0 aliphatic rings. The second-order valence-corrected chi connectivity index (χ2v) is 17.5. The van der Waals surface area contributed by atoms with E-state index in [0.29, 0.717) is 0 Å². The Morgan fingerprint density at radius 1 is 1.22 bits per heavy atom. The van der Waals surface area contributed by atoms with Gasteiger partial charge in [-0.15, -0.1) is 0 Å². The van der Waals surface area contributed by atoms with E-state index in [-0.39, 0.29) is 11.0 Å². The standard InChI is InChI=1S/C12H30O3Si3/c1-10-12(3,15-17(5,6)7)18(8,9)14-11(2)16(4)13/h11H,10H2,1-9H3. The Bertz CT molecular complexity index is 299. The van der Waals surface area contributed by atoms with Crippen molar-refractivity contribution in [3.8, 4) is 0 Å². The van der Waals surface area contributed by atoms with Crippen LogP contribution in [0.1, 0.15) is 27.2 Å². The van der Waals surface area contributed by atoms with Crippen LogP contribution in [0.4, 0.5) is 0 Å². The molecule has 3 nitrogen and oxygen atoms in total. The Morgan fingerprint density at radius 3 is 1.94 bits per heavy atom. The summed E-state index contributed by atoms with van der Waals surface area (Å²) in [6.07, 6.45) is 0.938. The molecule has 0 aliphatic heterocycles. The molecule has 0 fully saturated rings. The molecule has 0 heterocycles. The third kappa shape index (κ3) is 5.16. The maximum Gasteiger partial charge on any atom is 0.302 e. The van der Waals surface area contributed by atoms with E-state index < -0.39 is 25.3 Å². The van der Waals surface area contributed by atoms with Gasteiger partial charge in [-0.25, -0.2) is 0 Å². The van der Waals surface area contributed by atoms with E-state index in [4.69, 9.17) is 8.85 Å². The van der Waals surface area contributed by atoms with Gasteiger partial charge < -0.3 is 13.3 Å². The summed E-state index contributed by atoms with van der Waals surface area (Å²) < 4.78 is 24.1. The molecule has 18 heavy (non-hydrogen) atoms. The van der Waals surface area contributed by atoms with Crippen LogP contribution in [0.2, 0.25) is 39.3 Å². The van der Waals surface area contributed by atoms with E-state index in [1.165, 1.54) is 0 Å². The van der Waals surface area contributed by atoms with Crippen LogP contribution >= 0.6 is 0 Å². The smallest absolute Gasteiger partial charge is 0.302 e. The molecule has 0 bridgehead atoms. The second-order valence-electron chi connectivity index (χ2n) is 6.68. The molecular weight excluding hydrogens is 276 g/mol. The molecule has 0 saturated heterocycles. The summed E-state index contributed by atoms with van der Waals surface area (Å²) >= 11 is 0. The molecule has 108 valence electrons. The molecule has 0 rings (SSSR count). The normalized spacial score (nSPS) is 18.3. The lowest BCUT2D eigenvalue weighted by molar-refractivity contribution is 0.111. The van der Waals surface area contributed by atoms with Gasteiger partial charge in [-0.2, -0.15) is 0 Å². The van der Waals surface area contributed by atoms with Crippen LogP contribution in [0.25, 0.3) is 0 Å². The molecule has 0 aromatic heterocycles. The van der Waals surface area contributed by atoms with Crippen LogP contribution in [0, 0.1) is 0 Å². The average molecular weight is 307 g/mol. The summed E-state index contributed by atoms with van der Waals surface area (Å²) in [7, 11) is -5.31. The van der Waals surface area contributed by atoms with E-state index in [1.807, 2.05) is 6.92 Å². The first-order valence-electron chi connectivity index (χ1n) is 6.73. The van der Waals surface area contributed by atoms with Crippen molar-refractivity contribution >= 4 is 25.3 Å². The van der Waals surface area contributed by atoms with E-state index >= 15 is 0 Å². The zero-order valence-electron chi connectivity index (χ0n) is 13.5. The van der Waals surface area contributed by atoms with Crippen molar-refractivity contribution in [3.05, 3.63) is 0 Å². The maximum absolute atomic E-state index is 11.6. The minimum absolute atomic E-state index is 0.146. The first-order chi connectivity index (χ1) is 7.84. The molecule has 6 heteroatoms. The Hall–Kier alpha value is 0.371. The fraction of sp³-hybridized carbons (Fsp3) is 1.00. The van der Waals surface area contributed by atoms with Crippen LogP contribution in [-0.2, 0) is 13.3 Å². The van der Waals surface area contributed by atoms with Crippen LogP contribution < -0.4 is 0 Å². The van der Waals surface area contributed by atoms with E-state index in [2.05, 4.69) is 46.6 Å². The Kier molecular flexibility index (Phi) is 6.34. The lowest BCUT2D eigenvalue weighted by Gasteiger charge is -2.46. The predicted octanol–water partition coefficient (Wildman–Crippen LogP) is 3.75. The highest BCUT2D eigenvalue weighted by molar-refractivity contribution is 6.77. The van der Waals surface area contributed by atoms with Gasteiger partial charge in [0.15, 0.2) is 8.32 Å². The first kappa shape index (κ1) is 18.4. The van der Waals surface area contributed by atoms with Crippen molar-refractivity contribution in [2.75, 3.05) is 0 Å². The number of hydrogen-bond acceptors (Lipinski definition) is 3. The highest BCUT2D eigenvalue weighted by Gasteiger charge is 2.48. The van der Waals surface area contributed by atoms with Gasteiger partial charge >= 0.3 is 8.68 Å². The SMILES string of the molecule is CCC(C)(O[Si](C)(C)C)[Si](C)(C)OC(C)[Si](C)=O. The molecule has 0 aromatic rings. The van der Waals surface area contributed by atoms with E-state index in [0.717, 1.165) is 6.42 Å². The third-order valence-corrected chi connectivity index (χ3v) is 10.2. The molecule has 2 unspecified atom stereocenters. The minimum Gasteiger partial charge on any atom is -0.412 e. The molecule has 0 aliphatic carbocycles. The van der Waals surface area contributed by atoms with Crippen molar-refractivity contribution in [3.63, 3.8) is 0 Å². The number of hydrogen-bond donors (Lipinski definition) is 0. The van der Waals surface area contributed by atoms with Crippen LogP contribution in [0.3, 0.4) is 0 Å². The summed E-state index contributed by atoms with van der Waals surface area (Å²) in [6, 6.07) is 0. The highest BCUT2D eigenvalue weighted by Crippen LogP contribution is 2.33. The predicted molar refractivity (Wildman–Crippen MR) is 83.5 cm³/mol. The lowest BCUT2D eigenvalue weighted by Crippen LogP contribution is -2.61. The van der Waals surface area contributed by atoms with Gasteiger partial charge in [-0.1, -0.05) is 6.92 Å². The van der Waals surface area contributed by atoms with Crippen LogP contribution in [0.5, 0.6) is 0 Å². The summed E-state index contributed by atoms with van der Waals surface area (Å²) in [5, 5.41) is -0.205. The molecule has 0 aromatic carbocycles. The zero-order chi connectivity index (χ0) is 14.8.